The zero-order chi connectivity index (χ0) is 23.6. The van der Waals surface area contributed by atoms with Gasteiger partial charge in [-0.1, -0.05) is 54.6 Å². The van der Waals surface area contributed by atoms with E-state index in [2.05, 4.69) is 22.8 Å². The Labute approximate surface area is 180 Å². The monoisotopic (exact) mass is 598 g/mol. The van der Waals surface area contributed by atoms with E-state index in [1.165, 1.54) is 0 Å². The fourth-order valence-corrected chi connectivity index (χ4v) is 1.72. The molecule has 2 nitrogen and oxygen atoms in total. The second-order valence-corrected chi connectivity index (χ2v) is 9.35. The molecular weight excluding hydrogens is 587 g/mol. The minimum Gasteiger partial charge on any atom is 4.00 e. The molecule has 0 aromatic heterocycles. The van der Waals surface area contributed by atoms with Crippen LogP contribution in [0.5, 0.6) is 0 Å². The molecule has 0 saturated heterocycles. The largest absolute Gasteiger partial charge is 4.00 e. The van der Waals surface area contributed by atoms with Gasteiger partial charge in [0.25, 0.3) is 0 Å². The molecule has 0 atom stereocenters. The second-order valence-electron chi connectivity index (χ2n) is 5.52. The van der Waals surface area contributed by atoms with Crippen LogP contribution in [0, 0.1) is 0 Å². The molecule has 1 aromatic carbocycles. The van der Waals surface area contributed by atoms with Crippen LogP contribution in [0.2, 0.25) is 0 Å². The average Bonchev–Trinajstić information content (AvgIpc) is 2.49. The first-order valence-electron chi connectivity index (χ1n) is 7.23. The van der Waals surface area contributed by atoms with Crippen molar-refractivity contribution in [1.82, 2.24) is 0 Å². The summed E-state index contributed by atoms with van der Waals surface area (Å²) in [4.78, 5) is 0. The van der Waals surface area contributed by atoms with Gasteiger partial charge in [0.05, 0.1) is 0 Å². The van der Waals surface area contributed by atoms with Crippen molar-refractivity contribution in [3.8, 4) is 0 Å². The molecule has 0 fully saturated rings. The van der Waals surface area contributed by atoms with Crippen molar-refractivity contribution in [2.75, 3.05) is 0 Å². The van der Waals surface area contributed by atoms with Gasteiger partial charge in [0.2, 0.25) is 0 Å². The van der Waals surface area contributed by atoms with Crippen LogP contribution in [-0.2, 0) is 19.5 Å². The second kappa shape index (κ2) is 7.78. The molecule has 0 N–H and O–H groups in total. The van der Waals surface area contributed by atoms with Crippen LogP contribution in [0.15, 0.2) is 66.2 Å². The third kappa shape index (κ3) is 21.4. The fourth-order valence-electron chi connectivity index (χ4n) is 1.72. The minimum absolute atomic E-state index is 0. The van der Waals surface area contributed by atoms with Crippen LogP contribution >= 0.6 is 15.6 Å². The number of halogens is 12. The maximum atomic E-state index is 9.87. The first-order valence-corrected chi connectivity index (χ1v) is 11.3. The Bertz CT molecular complexity index is 878. The summed E-state index contributed by atoms with van der Waals surface area (Å²) in [6.45, 7) is 0. The summed E-state index contributed by atoms with van der Waals surface area (Å²) in [7, 11) is -21.3. The van der Waals surface area contributed by atoms with Crippen molar-refractivity contribution in [3.63, 3.8) is 0 Å². The molecule has 0 unspecified atom stereocenters. The van der Waals surface area contributed by atoms with E-state index in [9.17, 15) is 50.4 Å². The van der Waals surface area contributed by atoms with E-state index in [0.717, 1.165) is 22.6 Å². The molecule has 0 radical (unpaired) electrons. The molecule has 17 heteroatoms. The van der Waals surface area contributed by atoms with E-state index in [1.54, 1.807) is 6.20 Å². The van der Waals surface area contributed by atoms with Crippen molar-refractivity contribution in [1.29, 1.82) is 0 Å². The molecule has 0 aliphatic carbocycles. The van der Waals surface area contributed by atoms with Crippen LogP contribution in [-0.4, -0.2) is 0 Å². The van der Waals surface area contributed by atoms with Gasteiger partial charge >= 0.3 is 85.5 Å². The van der Waals surface area contributed by atoms with Gasteiger partial charge < -0.3 is 10.6 Å². The molecule has 178 valence electrons. The number of allylic oxidation sites excluding steroid dienone is 4. The maximum absolute atomic E-state index is 10.7. The number of rotatable bonds is 0. The van der Waals surface area contributed by atoms with Gasteiger partial charge in [-0.3, -0.25) is 0 Å². The van der Waals surface area contributed by atoms with Crippen molar-refractivity contribution >= 4 is 27.4 Å². The molecule has 0 spiro atoms. The number of hydrogen-bond acceptors (Lipinski definition) is 0. The van der Waals surface area contributed by atoms with Crippen LogP contribution in [0.4, 0.5) is 56.1 Å². The minimum atomic E-state index is -10.7. The van der Waals surface area contributed by atoms with E-state index in [1.807, 2.05) is 42.5 Å². The van der Waals surface area contributed by atoms with E-state index in [0.29, 0.717) is 0 Å². The van der Waals surface area contributed by atoms with Crippen molar-refractivity contribution in [2.24, 2.45) is 0 Å². The smallest absolute Gasteiger partial charge is 4.00 e. The summed E-state index contributed by atoms with van der Waals surface area (Å²) >= 11 is 0. The number of fused-ring (bicyclic) bond motifs is 1. The molecule has 0 saturated carbocycles. The molecule has 1 aromatic rings. The summed E-state index contributed by atoms with van der Waals surface area (Å²) < 4.78 is 118. The number of benzene rings is 1. The van der Waals surface area contributed by atoms with Gasteiger partial charge in [-0.15, -0.1) is 5.69 Å². The third-order valence-corrected chi connectivity index (χ3v) is 2.53. The Hall–Kier alpha value is -1.58. The molecule has 2 heterocycles. The van der Waals surface area contributed by atoms with Crippen LogP contribution in [0.3, 0.4) is 0 Å². The predicted molar refractivity (Wildman–Crippen MR) is 94.3 cm³/mol. The van der Waals surface area contributed by atoms with Crippen LogP contribution < -0.4 is 0 Å². The van der Waals surface area contributed by atoms with Crippen molar-refractivity contribution in [2.45, 2.75) is 0 Å². The Kier molecular flexibility index (Phi) is 7.38. The summed E-state index contributed by atoms with van der Waals surface area (Å²) in [5.74, 6) is 0. The first kappa shape index (κ1) is 29.4. The average molecular weight is 597 g/mol. The van der Waals surface area contributed by atoms with Crippen LogP contribution in [0.1, 0.15) is 5.56 Å². The molecule has 31 heavy (non-hydrogen) atoms. The van der Waals surface area contributed by atoms with Crippen molar-refractivity contribution in [3.05, 3.63) is 82.4 Å². The first-order chi connectivity index (χ1) is 12.8. The van der Waals surface area contributed by atoms with Gasteiger partial charge in [-0.05, 0) is 5.56 Å². The van der Waals surface area contributed by atoms with Crippen LogP contribution in [0.25, 0.3) is 16.7 Å². The molecular formula is C14H10F12N2P2Ru. The zero-order valence-electron chi connectivity index (χ0n) is 14.5. The summed E-state index contributed by atoms with van der Waals surface area (Å²) in [6, 6.07) is 8.09. The summed E-state index contributed by atoms with van der Waals surface area (Å²) in [5, 5.41) is 8.88. The Balaban J connectivity index is 0.000000510. The number of para-hydroxylation sites is 1. The van der Waals surface area contributed by atoms with E-state index >= 15 is 0 Å². The molecule has 3 rings (SSSR count). The van der Waals surface area contributed by atoms with Gasteiger partial charge in [-0.2, -0.15) is 17.6 Å². The Morgan fingerprint density at radius 2 is 1.06 bits per heavy atom. The normalized spacial score (nSPS) is 21.4. The Morgan fingerprint density at radius 1 is 0.581 bits per heavy atom. The van der Waals surface area contributed by atoms with E-state index in [4.69, 9.17) is 0 Å². The molecule has 0 amide bonds. The summed E-state index contributed by atoms with van der Waals surface area (Å²) in [6.07, 6.45) is 11.7. The fraction of sp³-hybridized carbons (Fsp3) is 0. The van der Waals surface area contributed by atoms with Gasteiger partial charge in [0.15, 0.2) is 0 Å². The predicted octanol–water partition coefficient (Wildman–Crippen LogP) is 11.1. The molecule has 2 aliphatic rings. The SMILES string of the molecule is C1=C[N-]C(=C2C=Cc3ccccc3[N-]2)C=C1.F[P-](F)(F)(F)(F)F.F[P-](F)(F)(F)(F)F.[Ru+4]. The molecule has 0 bridgehead atoms. The standard InChI is InChI=1S/C14H10N2.2F6P.Ru/c1-2-6-12-11(5-1)8-9-14(16-12)13-7-3-4-10-15-13;2*1-7(2,3,4,5)6;/h1-10H;;;/q-2;2*-1;+4. The topological polar surface area (TPSA) is 28.2 Å². The van der Waals surface area contributed by atoms with Gasteiger partial charge in [0.1, 0.15) is 0 Å². The van der Waals surface area contributed by atoms with E-state index in [-0.39, 0.29) is 19.5 Å². The quantitative estimate of drug-likeness (QED) is 0.162. The van der Waals surface area contributed by atoms with Crippen molar-refractivity contribution < 1.29 is 69.8 Å². The number of nitrogens with zero attached hydrogens (tertiary/aromatic N) is 2. The Morgan fingerprint density at radius 3 is 1.52 bits per heavy atom. The van der Waals surface area contributed by atoms with Gasteiger partial charge in [0, 0.05) is 0 Å². The zero-order valence-corrected chi connectivity index (χ0v) is 18.0. The van der Waals surface area contributed by atoms with Gasteiger partial charge in [-0.25, -0.2) is 0 Å². The number of hydrogen-bond donors (Lipinski definition) is 0. The maximum Gasteiger partial charge on any atom is 4.00 e. The van der Waals surface area contributed by atoms with E-state index < -0.39 is 15.6 Å². The molecule has 2 aliphatic heterocycles. The summed E-state index contributed by atoms with van der Waals surface area (Å²) in [5.41, 5.74) is 3.99. The third-order valence-electron chi connectivity index (χ3n) is 2.53.